The number of halogens is 2. The van der Waals surface area contributed by atoms with Crippen molar-refractivity contribution in [2.45, 2.75) is 13.3 Å². The van der Waals surface area contributed by atoms with E-state index >= 15 is 0 Å². The van der Waals surface area contributed by atoms with E-state index in [2.05, 4.69) is 25.9 Å². The van der Waals surface area contributed by atoms with Crippen LogP contribution < -0.4 is 34.0 Å². The minimum Gasteiger partial charge on any atom is -1.00 e. The Labute approximate surface area is 95.3 Å². The molecule has 4 heteroatoms. The molecule has 0 radical (unpaired) electrons. The predicted molar refractivity (Wildman–Crippen MR) is 34.6 cm³/mol. The van der Waals surface area contributed by atoms with Gasteiger partial charge in [0.1, 0.15) is 0 Å². The zero-order valence-electron chi connectivity index (χ0n) is 6.32. The Balaban J connectivity index is -0.0000000417. The summed E-state index contributed by atoms with van der Waals surface area (Å²) < 4.78 is 0. The van der Waals surface area contributed by atoms with Gasteiger partial charge in [-0.2, -0.15) is 0 Å². The molecule has 9 heavy (non-hydrogen) atoms. The van der Waals surface area contributed by atoms with Gasteiger partial charge in [0.25, 0.3) is 0 Å². The van der Waals surface area contributed by atoms with Crippen molar-refractivity contribution in [1.82, 2.24) is 4.90 Å². The van der Waals surface area contributed by atoms with Crippen LogP contribution in [-0.2, 0) is 0 Å². The molecule has 0 unspecified atom stereocenters. The van der Waals surface area contributed by atoms with Gasteiger partial charge in [-0.3, -0.25) is 0 Å². The summed E-state index contributed by atoms with van der Waals surface area (Å²) in [4.78, 5) is 2.18. The van der Waals surface area contributed by atoms with Gasteiger partial charge in [0.05, 0.1) is 0 Å². The maximum absolute atomic E-state index is 2.18. The zero-order valence-corrected chi connectivity index (χ0v) is 10.9. The second-order valence-corrected chi connectivity index (χ2v) is 1.80. The standard InChI is InChI=1S/C5H13N.2BrH.Mg/c1-4-5-6(2)3;;;/h4-5H2,1-3H3;2*1H;/q;;;+2/p-2. The smallest absolute Gasteiger partial charge is 1.00 e. The largest absolute Gasteiger partial charge is 2.00 e. The Hall–Kier alpha value is 1.69. The molecular formula is C5H13Br2MgN. The van der Waals surface area contributed by atoms with Crippen LogP contribution in [-0.4, -0.2) is 48.6 Å². The van der Waals surface area contributed by atoms with Crippen LogP contribution in [0.25, 0.3) is 0 Å². The van der Waals surface area contributed by atoms with Gasteiger partial charge in [-0.25, -0.2) is 0 Å². The number of nitrogens with zero attached hydrogens (tertiary/aromatic N) is 1. The molecule has 0 N–H and O–H groups in total. The molecule has 0 spiro atoms. The molecular weight excluding hydrogens is 258 g/mol. The van der Waals surface area contributed by atoms with E-state index < -0.39 is 0 Å². The molecule has 0 amide bonds. The Morgan fingerprint density at radius 1 is 1.11 bits per heavy atom. The molecule has 0 heterocycles. The Morgan fingerprint density at radius 2 is 1.44 bits per heavy atom. The van der Waals surface area contributed by atoms with Gasteiger partial charge in [0, 0.05) is 0 Å². The van der Waals surface area contributed by atoms with Gasteiger partial charge in [-0.05, 0) is 27.1 Å². The van der Waals surface area contributed by atoms with Crippen LogP contribution in [0.15, 0.2) is 0 Å². The van der Waals surface area contributed by atoms with Crippen molar-refractivity contribution in [3.8, 4) is 0 Å². The first kappa shape index (κ1) is 22.4. The minimum atomic E-state index is 0. The molecule has 0 aliphatic rings. The summed E-state index contributed by atoms with van der Waals surface area (Å²) >= 11 is 0. The molecule has 0 aromatic rings. The summed E-state index contributed by atoms with van der Waals surface area (Å²) in [6, 6.07) is 0. The fourth-order valence-electron chi connectivity index (χ4n) is 0.447. The van der Waals surface area contributed by atoms with Crippen molar-refractivity contribution >= 4 is 23.1 Å². The minimum absolute atomic E-state index is 0. The Morgan fingerprint density at radius 3 is 1.44 bits per heavy atom. The van der Waals surface area contributed by atoms with E-state index in [4.69, 9.17) is 0 Å². The van der Waals surface area contributed by atoms with Crippen LogP contribution >= 0.6 is 0 Å². The van der Waals surface area contributed by atoms with E-state index in [1.54, 1.807) is 0 Å². The normalized spacial score (nSPS) is 6.67. The van der Waals surface area contributed by atoms with Crippen LogP contribution in [0, 0.1) is 0 Å². The molecule has 0 fully saturated rings. The zero-order chi connectivity index (χ0) is 4.99. The first-order valence-electron chi connectivity index (χ1n) is 2.42. The molecule has 0 atom stereocenters. The topological polar surface area (TPSA) is 3.24 Å². The van der Waals surface area contributed by atoms with Gasteiger partial charge in [0.2, 0.25) is 0 Å². The van der Waals surface area contributed by atoms with Crippen molar-refractivity contribution in [2.75, 3.05) is 20.6 Å². The first-order chi connectivity index (χ1) is 2.77. The molecule has 0 saturated heterocycles. The average Bonchev–Trinajstić information content (AvgIpc) is 1.35. The number of hydrogen-bond acceptors (Lipinski definition) is 1. The molecule has 0 saturated carbocycles. The number of hydrogen-bond donors (Lipinski definition) is 0. The third-order valence-electron chi connectivity index (χ3n) is 0.671. The van der Waals surface area contributed by atoms with E-state index in [0.717, 1.165) is 0 Å². The van der Waals surface area contributed by atoms with Gasteiger partial charge in [-0.15, -0.1) is 0 Å². The van der Waals surface area contributed by atoms with Crippen LogP contribution in [0.1, 0.15) is 13.3 Å². The third-order valence-corrected chi connectivity index (χ3v) is 0.671. The van der Waals surface area contributed by atoms with Gasteiger partial charge < -0.3 is 38.9 Å². The van der Waals surface area contributed by atoms with Crippen LogP contribution in [0.3, 0.4) is 0 Å². The van der Waals surface area contributed by atoms with Crippen molar-refractivity contribution < 1.29 is 34.0 Å². The second kappa shape index (κ2) is 16.3. The summed E-state index contributed by atoms with van der Waals surface area (Å²) in [6.45, 7) is 3.39. The maximum atomic E-state index is 2.18. The molecule has 1 nitrogen and oxygen atoms in total. The maximum Gasteiger partial charge on any atom is 2.00 e. The Bertz CT molecular complexity index is 36.1. The Kier molecular flexibility index (Phi) is 40.7. The molecule has 0 aliphatic carbocycles. The van der Waals surface area contributed by atoms with E-state index in [9.17, 15) is 0 Å². The molecule has 0 aromatic heterocycles. The van der Waals surface area contributed by atoms with Gasteiger partial charge in [-0.1, -0.05) is 6.92 Å². The molecule has 0 bridgehead atoms. The molecule has 0 aromatic carbocycles. The molecule has 0 rings (SSSR count). The van der Waals surface area contributed by atoms with Crippen molar-refractivity contribution in [1.29, 1.82) is 0 Å². The van der Waals surface area contributed by atoms with Gasteiger partial charge >= 0.3 is 23.1 Å². The first-order valence-corrected chi connectivity index (χ1v) is 2.42. The summed E-state index contributed by atoms with van der Waals surface area (Å²) in [5, 5.41) is 0. The van der Waals surface area contributed by atoms with E-state index in [0.29, 0.717) is 0 Å². The fourth-order valence-corrected chi connectivity index (χ4v) is 0.447. The average molecular weight is 271 g/mol. The van der Waals surface area contributed by atoms with E-state index in [1.807, 2.05) is 0 Å². The predicted octanol–water partition coefficient (Wildman–Crippen LogP) is -5.41. The summed E-state index contributed by atoms with van der Waals surface area (Å²) in [5.74, 6) is 0. The SMILES string of the molecule is CCCN(C)C.[Br-].[Br-].[Mg+2]. The van der Waals surface area contributed by atoms with Crippen LogP contribution in [0.5, 0.6) is 0 Å². The van der Waals surface area contributed by atoms with Crippen molar-refractivity contribution in [3.05, 3.63) is 0 Å². The quantitative estimate of drug-likeness (QED) is 0.453. The van der Waals surface area contributed by atoms with Crippen molar-refractivity contribution in [2.24, 2.45) is 0 Å². The summed E-state index contributed by atoms with van der Waals surface area (Å²) in [6.07, 6.45) is 1.26. The van der Waals surface area contributed by atoms with Gasteiger partial charge in [0.15, 0.2) is 0 Å². The van der Waals surface area contributed by atoms with Crippen LogP contribution in [0.2, 0.25) is 0 Å². The van der Waals surface area contributed by atoms with Crippen molar-refractivity contribution in [3.63, 3.8) is 0 Å². The molecule has 0 aliphatic heterocycles. The summed E-state index contributed by atoms with van der Waals surface area (Å²) in [5.41, 5.74) is 0. The number of rotatable bonds is 2. The summed E-state index contributed by atoms with van der Waals surface area (Å²) in [7, 11) is 4.17. The monoisotopic (exact) mass is 269 g/mol. The third kappa shape index (κ3) is 26.1. The van der Waals surface area contributed by atoms with Crippen LogP contribution in [0.4, 0.5) is 0 Å². The van der Waals surface area contributed by atoms with E-state index in [-0.39, 0.29) is 57.0 Å². The fraction of sp³-hybridized carbons (Fsp3) is 1.00. The van der Waals surface area contributed by atoms with E-state index in [1.165, 1.54) is 13.0 Å². The molecule has 54 valence electrons. The second-order valence-electron chi connectivity index (χ2n) is 1.80.